The van der Waals surface area contributed by atoms with Crippen molar-refractivity contribution in [2.24, 2.45) is 5.73 Å². The van der Waals surface area contributed by atoms with Crippen molar-refractivity contribution < 1.29 is 0 Å². The van der Waals surface area contributed by atoms with Crippen molar-refractivity contribution in [2.75, 3.05) is 18.0 Å². The van der Waals surface area contributed by atoms with Crippen molar-refractivity contribution in [3.05, 3.63) is 52.2 Å². The average Bonchev–Trinajstić information content (AvgIpc) is 3.02. The van der Waals surface area contributed by atoms with E-state index in [9.17, 15) is 4.79 Å². The van der Waals surface area contributed by atoms with Crippen LogP contribution >= 0.6 is 0 Å². The molecule has 3 aromatic rings. The molecule has 28 heavy (non-hydrogen) atoms. The molecule has 1 aromatic carbocycles. The molecule has 3 heterocycles. The Kier molecular flexibility index (Phi) is 4.50. The highest BCUT2D eigenvalue weighted by Gasteiger charge is 2.32. The number of aromatic nitrogens is 4. The Bertz CT molecular complexity index is 1020. The van der Waals surface area contributed by atoms with Gasteiger partial charge in [-0.15, -0.1) is 0 Å². The maximum atomic E-state index is 11.6. The minimum atomic E-state index is -0.263. The Morgan fingerprint density at radius 2 is 1.79 bits per heavy atom. The van der Waals surface area contributed by atoms with Crippen molar-refractivity contribution in [1.29, 1.82) is 0 Å². The summed E-state index contributed by atoms with van der Waals surface area (Å²) in [6.45, 7) is 8.28. The Labute approximate surface area is 164 Å². The third kappa shape index (κ3) is 3.67. The van der Waals surface area contributed by atoms with Crippen LogP contribution in [0.2, 0.25) is 0 Å². The van der Waals surface area contributed by atoms with Gasteiger partial charge in [0, 0.05) is 18.6 Å². The van der Waals surface area contributed by atoms with Crippen LogP contribution in [0.5, 0.6) is 0 Å². The fourth-order valence-corrected chi connectivity index (χ4v) is 3.95. The topological polar surface area (TPSA) is 104 Å². The number of nitrogens with one attached hydrogen (secondary N) is 2. The number of nitrogens with zero attached hydrogens (tertiary/aromatic N) is 3. The van der Waals surface area contributed by atoms with Crippen LogP contribution in [0.3, 0.4) is 0 Å². The number of hydrogen-bond donors (Lipinski definition) is 3. The lowest BCUT2D eigenvalue weighted by Gasteiger charge is -2.40. The van der Waals surface area contributed by atoms with Crippen LogP contribution in [0.15, 0.2) is 35.4 Å². The zero-order valence-electron chi connectivity index (χ0n) is 16.7. The molecular weight excluding hydrogens is 352 g/mol. The van der Waals surface area contributed by atoms with E-state index in [2.05, 4.69) is 69.9 Å². The first-order valence-electron chi connectivity index (χ1n) is 9.80. The van der Waals surface area contributed by atoms with E-state index < -0.39 is 0 Å². The van der Waals surface area contributed by atoms with E-state index in [1.807, 2.05) is 0 Å². The molecule has 1 aliphatic heterocycles. The van der Waals surface area contributed by atoms with Crippen LogP contribution in [0.25, 0.3) is 11.2 Å². The van der Waals surface area contributed by atoms with E-state index >= 15 is 0 Å². The zero-order chi connectivity index (χ0) is 19.9. The van der Waals surface area contributed by atoms with Crippen molar-refractivity contribution in [1.82, 2.24) is 19.9 Å². The number of piperidine rings is 1. The Hall–Kier alpha value is -2.67. The molecule has 7 nitrogen and oxygen atoms in total. The van der Waals surface area contributed by atoms with E-state index in [0.29, 0.717) is 11.2 Å². The SMILES string of the molecule is CC(C)(C)c1ccc(CC2(N)CCN(c3ncnc4[nH]c(=O)[nH]c34)CC2)cc1. The zero-order valence-corrected chi connectivity index (χ0v) is 16.7. The van der Waals surface area contributed by atoms with Gasteiger partial charge in [0.25, 0.3) is 0 Å². The lowest BCUT2D eigenvalue weighted by molar-refractivity contribution is 0.330. The second-order valence-corrected chi connectivity index (χ2v) is 8.97. The lowest BCUT2D eigenvalue weighted by atomic mass is 9.81. The molecule has 0 unspecified atom stereocenters. The molecule has 0 radical (unpaired) electrons. The summed E-state index contributed by atoms with van der Waals surface area (Å²) in [5, 5.41) is 0. The number of fused-ring (bicyclic) bond motifs is 1. The monoisotopic (exact) mass is 380 g/mol. The molecule has 0 spiro atoms. The molecule has 1 fully saturated rings. The van der Waals surface area contributed by atoms with E-state index in [4.69, 9.17) is 5.73 Å². The molecule has 2 aromatic heterocycles. The van der Waals surface area contributed by atoms with Crippen molar-refractivity contribution in [2.45, 2.75) is 51.0 Å². The lowest BCUT2D eigenvalue weighted by Crippen LogP contribution is -2.52. The van der Waals surface area contributed by atoms with Gasteiger partial charge >= 0.3 is 5.69 Å². The third-order valence-corrected chi connectivity index (χ3v) is 5.73. The van der Waals surface area contributed by atoms with Gasteiger partial charge in [-0.2, -0.15) is 0 Å². The van der Waals surface area contributed by atoms with Crippen LogP contribution < -0.4 is 16.3 Å². The standard InChI is InChI=1S/C21H28N6O/c1-20(2,3)15-6-4-14(5-7-15)12-21(22)8-10-27(11-9-21)18-16-17(23-13-24-18)26-19(28)25-16/h4-7,13H,8-12,22H2,1-3H3,(H2,23,24,25,26,28). The van der Waals surface area contributed by atoms with Crippen LogP contribution in [0, 0.1) is 0 Å². The van der Waals surface area contributed by atoms with E-state index in [-0.39, 0.29) is 16.6 Å². The van der Waals surface area contributed by atoms with E-state index in [0.717, 1.165) is 38.2 Å². The molecule has 0 aliphatic carbocycles. The highest BCUT2D eigenvalue weighted by molar-refractivity contribution is 5.82. The van der Waals surface area contributed by atoms with Gasteiger partial charge < -0.3 is 15.6 Å². The van der Waals surface area contributed by atoms with Gasteiger partial charge in [0.05, 0.1) is 0 Å². The third-order valence-electron chi connectivity index (χ3n) is 5.73. The maximum absolute atomic E-state index is 11.6. The number of anilines is 1. The van der Waals surface area contributed by atoms with Gasteiger partial charge in [0.15, 0.2) is 11.5 Å². The van der Waals surface area contributed by atoms with Gasteiger partial charge in [0.2, 0.25) is 0 Å². The fourth-order valence-electron chi connectivity index (χ4n) is 3.95. The summed E-state index contributed by atoms with van der Waals surface area (Å²) in [6, 6.07) is 8.85. The smallest absolute Gasteiger partial charge is 0.325 e. The largest absolute Gasteiger partial charge is 0.355 e. The van der Waals surface area contributed by atoms with Crippen LogP contribution in [0.4, 0.5) is 5.82 Å². The van der Waals surface area contributed by atoms with Crippen LogP contribution in [-0.2, 0) is 11.8 Å². The Balaban J connectivity index is 1.46. The second-order valence-electron chi connectivity index (χ2n) is 8.97. The van der Waals surface area contributed by atoms with Gasteiger partial charge in [-0.1, -0.05) is 45.0 Å². The number of H-pyrrole nitrogens is 2. The maximum Gasteiger partial charge on any atom is 0.325 e. The molecule has 1 saturated heterocycles. The summed E-state index contributed by atoms with van der Waals surface area (Å²) in [4.78, 5) is 27.8. The average molecular weight is 380 g/mol. The fraction of sp³-hybridized carbons (Fsp3) is 0.476. The molecule has 1 aliphatic rings. The first-order chi connectivity index (χ1) is 13.2. The summed E-state index contributed by atoms with van der Waals surface area (Å²) >= 11 is 0. The van der Waals surface area contributed by atoms with Gasteiger partial charge in [-0.3, -0.25) is 4.98 Å². The number of benzene rings is 1. The normalized spacial score (nSPS) is 17.2. The molecule has 4 N–H and O–H groups in total. The van der Waals surface area contributed by atoms with E-state index in [1.165, 1.54) is 17.5 Å². The van der Waals surface area contributed by atoms with Crippen molar-refractivity contribution in [3.63, 3.8) is 0 Å². The minimum absolute atomic E-state index is 0.159. The van der Waals surface area contributed by atoms with Crippen LogP contribution in [-0.4, -0.2) is 38.6 Å². The molecule has 0 saturated carbocycles. The van der Waals surface area contributed by atoms with Gasteiger partial charge in [-0.05, 0) is 35.8 Å². The van der Waals surface area contributed by atoms with Crippen LogP contribution in [0.1, 0.15) is 44.7 Å². The highest BCUT2D eigenvalue weighted by Crippen LogP contribution is 2.29. The van der Waals surface area contributed by atoms with Gasteiger partial charge in [-0.25, -0.2) is 14.8 Å². The molecular formula is C21H28N6O. The van der Waals surface area contributed by atoms with Crippen molar-refractivity contribution >= 4 is 17.0 Å². The number of rotatable bonds is 3. The number of nitrogens with two attached hydrogens (primary N) is 1. The summed E-state index contributed by atoms with van der Waals surface area (Å²) in [7, 11) is 0. The molecule has 0 amide bonds. The number of aromatic amines is 2. The summed E-state index contributed by atoms with van der Waals surface area (Å²) in [6.07, 6.45) is 4.09. The highest BCUT2D eigenvalue weighted by atomic mass is 16.1. The molecule has 0 atom stereocenters. The molecule has 148 valence electrons. The molecule has 0 bridgehead atoms. The number of hydrogen-bond acceptors (Lipinski definition) is 5. The minimum Gasteiger partial charge on any atom is -0.355 e. The van der Waals surface area contributed by atoms with Crippen molar-refractivity contribution in [3.8, 4) is 0 Å². The Morgan fingerprint density at radius 1 is 1.11 bits per heavy atom. The predicted molar refractivity (Wildman–Crippen MR) is 112 cm³/mol. The van der Waals surface area contributed by atoms with Gasteiger partial charge in [0.1, 0.15) is 11.8 Å². The first kappa shape index (κ1) is 18.7. The van der Waals surface area contributed by atoms with E-state index in [1.54, 1.807) is 0 Å². The predicted octanol–water partition coefficient (Wildman–Crippen LogP) is 2.48. The summed E-state index contributed by atoms with van der Waals surface area (Å²) in [5.41, 5.74) is 10.2. The second kappa shape index (κ2) is 6.74. The quantitative estimate of drug-likeness (QED) is 0.648. The summed E-state index contributed by atoms with van der Waals surface area (Å²) < 4.78 is 0. The summed E-state index contributed by atoms with van der Waals surface area (Å²) in [5.74, 6) is 0.764. The first-order valence-corrected chi connectivity index (χ1v) is 9.80. The molecule has 4 rings (SSSR count). The Morgan fingerprint density at radius 3 is 2.43 bits per heavy atom. The molecule has 7 heteroatoms. The number of imidazole rings is 1.